The Morgan fingerprint density at radius 1 is 1.36 bits per heavy atom. The summed E-state index contributed by atoms with van der Waals surface area (Å²) in [6.07, 6.45) is 3.03. The van der Waals surface area contributed by atoms with Gasteiger partial charge < -0.3 is 15.5 Å². The first-order valence-corrected chi connectivity index (χ1v) is 8.62. The van der Waals surface area contributed by atoms with Crippen LogP contribution in [0.25, 0.3) is 0 Å². The van der Waals surface area contributed by atoms with Crippen LogP contribution in [0.1, 0.15) is 43.0 Å². The molecule has 0 saturated carbocycles. The fourth-order valence-electron chi connectivity index (χ4n) is 3.66. The largest absolute Gasteiger partial charge is 0.334 e. The highest BCUT2D eigenvalue weighted by molar-refractivity contribution is 5.99. The van der Waals surface area contributed by atoms with Crippen molar-refractivity contribution < 1.29 is 14.0 Å². The first-order chi connectivity index (χ1) is 11.5. The lowest BCUT2D eigenvalue weighted by atomic mass is 9.92. The van der Waals surface area contributed by atoms with E-state index < -0.39 is 5.82 Å². The summed E-state index contributed by atoms with van der Waals surface area (Å²) in [5, 5.41) is 0. The summed E-state index contributed by atoms with van der Waals surface area (Å²) >= 11 is 0. The van der Waals surface area contributed by atoms with Crippen molar-refractivity contribution in [2.24, 2.45) is 11.7 Å². The standard InChI is InChI=1S/C18H24FN3O2.ClH/c1-12-6-8-22(14(9-12)11-20)18(24)15-10-13(4-5-16(15)19)21-7-2-3-17(21)23;/h4-5,10,12,14H,2-3,6-9,11,20H2,1H3;1H. The molecule has 7 heteroatoms. The molecule has 2 heterocycles. The highest BCUT2D eigenvalue weighted by atomic mass is 35.5. The molecule has 1 aromatic rings. The number of nitrogens with two attached hydrogens (primary N) is 1. The van der Waals surface area contributed by atoms with Crippen molar-refractivity contribution in [2.75, 3.05) is 24.5 Å². The fourth-order valence-corrected chi connectivity index (χ4v) is 3.66. The van der Waals surface area contributed by atoms with Crippen LogP contribution in [0.2, 0.25) is 0 Å². The summed E-state index contributed by atoms with van der Waals surface area (Å²) < 4.78 is 14.3. The third kappa shape index (κ3) is 3.96. The summed E-state index contributed by atoms with van der Waals surface area (Å²) in [5.74, 6) is -0.347. The molecule has 2 amide bonds. The SMILES string of the molecule is CC1CCN(C(=O)c2cc(N3CCCC3=O)ccc2F)C(CN)C1.Cl. The van der Waals surface area contributed by atoms with Crippen LogP contribution in [0, 0.1) is 11.7 Å². The van der Waals surface area contributed by atoms with Crippen LogP contribution in [-0.2, 0) is 4.79 Å². The molecule has 2 aliphatic heterocycles. The van der Waals surface area contributed by atoms with Crippen LogP contribution in [0.5, 0.6) is 0 Å². The van der Waals surface area contributed by atoms with E-state index in [9.17, 15) is 14.0 Å². The third-order valence-corrected chi connectivity index (χ3v) is 5.08. The van der Waals surface area contributed by atoms with Gasteiger partial charge in [-0.2, -0.15) is 0 Å². The number of nitrogens with zero attached hydrogens (tertiary/aromatic N) is 2. The number of anilines is 1. The second-order valence-corrected chi connectivity index (χ2v) is 6.83. The highest BCUT2D eigenvalue weighted by Crippen LogP contribution is 2.27. The number of hydrogen-bond donors (Lipinski definition) is 1. The van der Waals surface area contributed by atoms with Gasteiger partial charge in [-0.05, 0) is 43.4 Å². The summed E-state index contributed by atoms with van der Waals surface area (Å²) in [7, 11) is 0. The van der Waals surface area contributed by atoms with Gasteiger partial charge in [0.1, 0.15) is 5.82 Å². The Morgan fingerprint density at radius 3 is 2.76 bits per heavy atom. The molecule has 2 fully saturated rings. The van der Waals surface area contributed by atoms with E-state index >= 15 is 0 Å². The quantitative estimate of drug-likeness (QED) is 0.890. The van der Waals surface area contributed by atoms with E-state index in [4.69, 9.17) is 5.73 Å². The number of hydrogen-bond acceptors (Lipinski definition) is 3. The van der Waals surface area contributed by atoms with Crippen LogP contribution in [0.4, 0.5) is 10.1 Å². The van der Waals surface area contributed by atoms with Crippen LogP contribution < -0.4 is 10.6 Å². The van der Waals surface area contributed by atoms with Crippen LogP contribution in [0.15, 0.2) is 18.2 Å². The van der Waals surface area contributed by atoms with Crippen LogP contribution >= 0.6 is 12.4 Å². The molecule has 0 aliphatic carbocycles. The molecular weight excluding hydrogens is 345 g/mol. The molecule has 0 aromatic heterocycles. The van der Waals surface area contributed by atoms with E-state index in [0.29, 0.717) is 37.7 Å². The lowest BCUT2D eigenvalue weighted by Crippen LogP contribution is -2.49. The highest BCUT2D eigenvalue weighted by Gasteiger charge is 2.31. The van der Waals surface area contributed by atoms with Gasteiger partial charge in [0.25, 0.3) is 5.91 Å². The summed E-state index contributed by atoms with van der Waals surface area (Å²) in [4.78, 5) is 28.1. The predicted octanol–water partition coefficient (Wildman–Crippen LogP) is 2.57. The molecule has 138 valence electrons. The number of rotatable bonds is 3. The Kier molecular flexibility index (Phi) is 6.41. The van der Waals surface area contributed by atoms with E-state index in [0.717, 1.165) is 19.3 Å². The Balaban J connectivity index is 0.00000225. The minimum absolute atomic E-state index is 0. The average molecular weight is 370 g/mol. The molecule has 2 N–H and O–H groups in total. The van der Waals surface area contributed by atoms with E-state index in [1.807, 2.05) is 0 Å². The second-order valence-electron chi connectivity index (χ2n) is 6.83. The predicted molar refractivity (Wildman–Crippen MR) is 97.5 cm³/mol. The molecule has 0 bridgehead atoms. The zero-order valence-electron chi connectivity index (χ0n) is 14.4. The smallest absolute Gasteiger partial charge is 0.257 e. The monoisotopic (exact) mass is 369 g/mol. The maximum atomic E-state index is 14.3. The fraction of sp³-hybridized carbons (Fsp3) is 0.556. The van der Waals surface area contributed by atoms with Gasteiger partial charge in [-0.15, -0.1) is 12.4 Å². The number of piperidine rings is 1. The summed E-state index contributed by atoms with van der Waals surface area (Å²) in [6, 6.07) is 4.29. The van der Waals surface area contributed by atoms with Gasteiger partial charge in [-0.1, -0.05) is 6.92 Å². The van der Waals surface area contributed by atoms with Gasteiger partial charge in [-0.3, -0.25) is 9.59 Å². The molecule has 0 radical (unpaired) electrons. The van der Waals surface area contributed by atoms with Crippen molar-refractivity contribution in [3.63, 3.8) is 0 Å². The first-order valence-electron chi connectivity index (χ1n) is 8.62. The number of carbonyl (C=O) groups is 2. The molecule has 2 atom stereocenters. The van der Waals surface area contributed by atoms with Crippen molar-refractivity contribution >= 4 is 29.9 Å². The topological polar surface area (TPSA) is 66.6 Å². The van der Waals surface area contributed by atoms with E-state index in [2.05, 4.69) is 6.92 Å². The number of amides is 2. The first kappa shape index (κ1) is 19.7. The van der Waals surface area contributed by atoms with Gasteiger partial charge in [0.05, 0.1) is 5.56 Å². The molecular formula is C18H25ClFN3O2. The molecule has 2 aliphatic rings. The normalized spacial score (nSPS) is 23.6. The molecule has 2 unspecified atom stereocenters. The molecule has 1 aromatic carbocycles. The van der Waals surface area contributed by atoms with Crippen molar-refractivity contribution in [3.05, 3.63) is 29.6 Å². The maximum Gasteiger partial charge on any atom is 0.257 e. The molecule has 3 rings (SSSR count). The van der Waals surface area contributed by atoms with Crippen molar-refractivity contribution in [1.29, 1.82) is 0 Å². The van der Waals surface area contributed by atoms with Gasteiger partial charge in [0.2, 0.25) is 5.91 Å². The van der Waals surface area contributed by atoms with Crippen molar-refractivity contribution in [2.45, 2.75) is 38.6 Å². The lowest BCUT2D eigenvalue weighted by Gasteiger charge is -2.38. The number of carbonyl (C=O) groups excluding carboxylic acids is 2. The lowest BCUT2D eigenvalue weighted by molar-refractivity contribution is -0.117. The second kappa shape index (κ2) is 8.15. The van der Waals surface area contributed by atoms with E-state index in [-0.39, 0.29) is 35.8 Å². The van der Waals surface area contributed by atoms with Gasteiger partial charge >= 0.3 is 0 Å². The van der Waals surface area contributed by atoms with Crippen LogP contribution in [-0.4, -0.2) is 42.4 Å². The van der Waals surface area contributed by atoms with E-state index in [1.54, 1.807) is 15.9 Å². The minimum Gasteiger partial charge on any atom is -0.334 e. The number of benzene rings is 1. The van der Waals surface area contributed by atoms with E-state index in [1.165, 1.54) is 12.1 Å². The Bertz CT molecular complexity index is 655. The molecule has 2 saturated heterocycles. The number of halogens is 2. The Labute approximate surface area is 153 Å². The zero-order chi connectivity index (χ0) is 17.3. The summed E-state index contributed by atoms with van der Waals surface area (Å²) in [6.45, 7) is 3.73. The molecule has 5 nitrogen and oxygen atoms in total. The Hall–Kier alpha value is -1.66. The van der Waals surface area contributed by atoms with Gasteiger partial charge in [-0.25, -0.2) is 4.39 Å². The van der Waals surface area contributed by atoms with Crippen molar-refractivity contribution in [1.82, 2.24) is 4.90 Å². The Morgan fingerprint density at radius 2 is 2.12 bits per heavy atom. The zero-order valence-corrected chi connectivity index (χ0v) is 15.2. The summed E-state index contributed by atoms with van der Waals surface area (Å²) in [5.41, 5.74) is 6.44. The average Bonchev–Trinajstić information content (AvgIpc) is 3.00. The molecule has 0 spiro atoms. The van der Waals surface area contributed by atoms with Crippen molar-refractivity contribution in [3.8, 4) is 0 Å². The maximum absolute atomic E-state index is 14.3. The van der Waals surface area contributed by atoms with Gasteiger partial charge in [0, 0.05) is 37.8 Å². The van der Waals surface area contributed by atoms with Crippen LogP contribution in [0.3, 0.4) is 0 Å². The number of likely N-dealkylation sites (tertiary alicyclic amines) is 1. The molecule has 25 heavy (non-hydrogen) atoms. The van der Waals surface area contributed by atoms with Gasteiger partial charge in [0.15, 0.2) is 0 Å². The third-order valence-electron chi connectivity index (χ3n) is 5.08. The minimum atomic E-state index is -0.551.